The molecule has 1 amide bonds. The summed E-state index contributed by atoms with van der Waals surface area (Å²) in [7, 11) is -3.52. The van der Waals surface area contributed by atoms with Gasteiger partial charge in [-0.1, -0.05) is 29.8 Å². The first kappa shape index (κ1) is 19.3. The van der Waals surface area contributed by atoms with Crippen molar-refractivity contribution in [3.05, 3.63) is 46.8 Å². The Balaban J connectivity index is 1.58. The van der Waals surface area contributed by atoms with E-state index in [1.165, 1.54) is 10.4 Å². The van der Waals surface area contributed by atoms with E-state index in [9.17, 15) is 13.2 Å². The molecule has 0 radical (unpaired) electrons. The number of rotatable bonds is 5. The summed E-state index contributed by atoms with van der Waals surface area (Å²) in [4.78, 5) is 14.4. The van der Waals surface area contributed by atoms with Crippen LogP contribution in [-0.2, 0) is 14.8 Å². The Kier molecular flexibility index (Phi) is 5.99. The molecule has 0 unspecified atom stereocenters. The van der Waals surface area contributed by atoms with E-state index < -0.39 is 10.0 Å². The summed E-state index contributed by atoms with van der Waals surface area (Å²) in [5, 5.41) is 2.88. The van der Waals surface area contributed by atoms with Crippen molar-refractivity contribution in [3.63, 3.8) is 0 Å². The van der Waals surface area contributed by atoms with Gasteiger partial charge in [0, 0.05) is 31.9 Å². The Hall–Kier alpha value is -1.45. The third kappa shape index (κ3) is 4.27. The van der Waals surface area contributed by atoms with E-state index in [2.05, 4.69) is 5.32 Å². The number of sulfonamides is 1. The molecule has 9 heteroatoms. The summed E-state index contributed by atoms with van der Waals surface area (Å²) in [5.41, 5.74) is 0.750. The van der Waals surface area contributed by atoms with Crippen molar-refractivity contribution in [2.75, 3.05) is 31.5 Å². The summed E-state index contributed by atoms with van der Waals surface area (Å²) in [5.74, 6) is -0.0995. The van der Waals surface area contributed by atoms with Crippen LogP contribution in [0.5, 0.6) is 0 Å². The van der Waals surface area contributed by atoms with E-state index in [0.29, 0.717) is 30.5 Å². The van der Waals surface area contributed by atoms with Gasteiger partial charge in [0.2, 0.25) is 5.91 Å². The predicted molar refractivity (Wildman–Crippen MR) is 104 cm³/mol. The average molecular weight is 414 g/mol. The van der Waals surface area contributed by atoms with Crippen LogP contribution in [0.1, 0.15) is 6.92 Å². The number of hydrogen-bond acceptors (Lipinski definition) is 5. The molecule has 1 fully saturated rings. The third-order valence-electron chi connectivity index (χ3n) is 4.38. The van der Waals surface area contributed by atoms with E-state index in [1.54, 1.807) is 6.07 Å². The number of halogens is 1. The van der Waals surface area contributed by atoms with Gasteiger partial charge < -0.3 is 5.32 Å². The van der Waals surface area contributed by atoms with Crippen LogP contribution in [-0.4, -0.2) is 55.8 Å². The second-order valence-electron chi connectivity index (χ2n) is 6.03. The fourth-order valence-electron chi connectivity index (χ4n) is 2.83. The number of amides is 1. The van der Waals surface area contributed by atoms with Crippen LogP contribution in [0.4, 0.5) is 5.69 Å². The van der Waals surface area contributed by atoms with E-state index in [1.807, 2.05) is 42.2 Å². The summed E-state index contributed by atoms with van der Waals surface area (Å²) in [6.07, 6.45) is 0. The molecule has 1 aliphatic heterocycles. The van der Waals surface area contributed by atoms with Gasteiger partial charge >= 0.3 is 0 Å². The second-order valence-corrected chi connectivity index (χ2v) is 9.91. The first-order chi connectivity index (χ1) is 12.4. The van der Waals surface area contributed by atoms with Crippen LogP contribution >= 0.6 is 22.9 Å². The minimum absolute atomic E-state index is 0.0995. The Morgan fingerprint density at radius 1 is 1.12 bits per heavy atom. The van der Waals surface area contributed by atoms with Crippen LogP contribution in [0.25, 0.3) is 0 Å². The van der Waals surface area contributed by atoms with Gasteiger partial charge in [-0.3, -0.25) is 9.69 Å². The minimum atomic E-state index is -3.52. The van der Waals surface area contributed by atoms with Crippen molar-refractivity contribution in [2.24, 2.45) is 0 Å². The van der Waals surface area contributed by atoms with Gasteiger partial charge in [0.05, 0.1) is 10.4 Å². The molecule has 0 spiro atoms. The maximum Gasteiger partial charge on any atom is 0.252 e. The van der Waals surface area contributed by atoms with Crippen molar-refractivity contribution in [3.8, 4) is 0 Å². The Bertz CT molecular complexity index is 862. The molecule has 1 saturated heterocycles. The normalized spacial score (nSPS) is 17.8. The number of nitrogens with one attached hydrogen (secondary N) is 1. The lowest BCUT2D eigenvalue weighted by Crippen LogP contribution is -2.53. The highest BCUT2D eigenvalue weighted by molar-refractivity contribution is 7.91. The quantitative estimate of drug-likeness (QED) is 0.818. The summed E-state index contributed by atoms with van der Waals surface area (Å²) in [6, 6.07) is 12.1. The molecule has 3 rings (SSSR count). The van der Waals surface area contributed by atoms with Crippen molar-refractivity contribution >= 4 is 44.6 Å². The number of benzene rings is 1. The molecule has 2 heterocycles. The lowest BCUT2D eigenvalue weighted by atomic mass is 10.2. The fourth-order valence-corrected chi connectivity index (χ4v) is 5.89. The zero-order valence-electron chi connectivity index (χ0n) is 14.3. The highest BCUT2D eigenvalue weighted by Gasteiger charge is 2.32. The van der Waals surface area contributed by atoms with Gasteiger partial charge in [0.25, 0.3) is 10.0 Å². The number of nitrogens with zero attached hydrogens (tertiary/aromatic N) is 2. The first-order valence-electron chi connectivity index (χ1n) is 8.23. The molecule has 2 aromatic rings. The molecule has 1 aliphatic rings. The monoisotopic (exact) mass is 413 g/mol. The molecule has 140 valence electrons. The maximum atomic E-state index is 12.6. The van der Waals surface area contributed by atoms with Crippen LogP contribution in [0.3, 0.4) is 0 Å². The fraction of sp³-hybridized carbons (Fsp3) is 0.353. The van der Waals surface area contributed by atoms with Gasteiger partial charge in [-0.25, -0.2) is 8.42 Å². The number of hydrogen-bond donors (Lipinski definition) is 1. The standard InChI is InChI=1S/C17H20ClN3O3S2/c1-13(17(22)19-14-5-3-2-4-6-14)20-9-11-21(12-10-20)26(23,24)16-8-7-15(18)25-16/h2-8,13H,9-12H2,1H3,(H,19,22)/t13-/m1/s1. The number of carbonyl (C=O) groups excluding carboxylic acids is 1. The van der Waals surface area contributed by atoms with Crippen molar-refractivity contribution in [2.45, 2.75) is 17.2 Å². The molecule has 0 saturated carbocycles. The van der Waals surface area contributed by atoms with Gasteiger partial charge in [0.1, 0.15) is 4.21 Å². The van der Waals surface area contributed by atoms with E-state index >= 15 is 0 Å². The van der Waals surface area contributed by atoms with Crippen LogP contribution in [0.15, 0.2) is 46.7 Å². The molecule has 0 bridgehead atoms. The average Bonchev–Trinajstić information content (AvgIpc) is 3.09. The molecular formula is C17H20ClN3O3S2. The van der Waals surface area contributed by atoms with Crippen LogP contribution in [0, 0.1) is 0 Å². The molecule has 1 aromatic heterocycles. The molecule has 0 aliphatic carbocycles. The van der Waals surface area contributed by atoms with E-state index in [4.69, 9.17) is 11.6 Å². The number of para-hydroxylation sites is 1. The molecular weight excluding hydrogens is 394 g/mol. The minimum Gasteiger partial charge on any atom is -0.325 e. The van der Waals surface area contributed by atoms with Crippen molar-refractivity contribution in [1.82, 2.24) is 9.21 Å². The largest absolute Gasteiger partial charge is 0.325 e. The molecule has 6 nitrogen and oxygen atoms in total. The zero-order valence-corrected chi connectivity index (χ0v) is 16.6. The molecule has 1 aromatic carbocycles. The van der Waals surface area contributed by atoms with Crippen molar-refractivity contribution < 1.29 is 13.2 Å². The van der Waals surface area contributed by atoms with Crippen molar-refractivity contribution in [1.29, 1.82) is 0 Å². The Morgan fingerprint density at radius 2 is 1.77 bits per heavy atom. The Morgan fingerprint density at radius 3 is 2.35 bits per heavy atom. The number of anilines is 1. The topological polar surface area (TPSA) is 69.7 Å². The SMILES string of the molecule is C[C@H](C(=O)Nc1ccccc1)N1CCN(S(=O)(=O)c2ccc(Cl)s2)CC1. The molecule has 1 atom stereocenters. The summed E-state index contributed by atoms with van der Waals surface area (Å²) < 4.78 is 27.4. The highest BCUT2D eigenvalue weighted by Crippen LogP contribution is 2.28. The van der Waals surface area contributed by atoms with Gasteiger partial charge in [-0.2, -0.15) is 4.31 Å². The smallest absolute Gasteiger partial charge is 0.252 e. The Labute approximate surface area is 162 Å². The lowest BCUT2D eigenvalue weighted by molar-refractivity contribution is -0.121. The summed E-state index contributed by atoms with van der Waals surface area (Å²) in [6.45, 7) is 3.53. The van der Waals surface area contributed by atoms with E-state index in [-0.39, 0.29) is 16.2 Å². The van der Waals surface area contributed by atoms with Gasteiger partial charge in [-0.15, -0.1) is 11.3 Å². The number of piperazine rings is 1. The summed E-state index contributed by atoms with van der Waals surface area (Å²) >= 11 is 6.91. The highest BCUT2D eigenvalue weighted by atomic mass is 35.5. The van der Waals surface area contributed by atoms with Crippen LogP contribution in [0.2, 0.25) is 4.34 Å². The predicted octanol–water partition coefficient (Wildman–Crippen LogP) is 2.74. The maximum absolute atomic E-state index is 12.6. The first-order valence-corrected chi connectivity index (χ1v) is 10.9. The van der Waals surface area contributed by atoms with Crippen LogP contribution < -0.4 is 5.32 Å². The third-order valence-corrected chi connectivity index (χ3v) is 7.98. The number of carbonyl (C=O) groups is 1. The van der Waals surface area contributed by atoms with Gasteiger partial charge in [-0.05, 0) is 31.2 Å². The number of thiophene rings is 1. The zero-order chi connectivity index (χ0) is 18.7. The lowest BCUT2D eigenvalue weighted by Gasteiger charge is -2.36. The second kappa shape index (κ2) is 8.06. The van der Waals surface area contributed by atoms with Gasteiger partial charge in [0.15, 0.2) is 0 Å². The molecule has 26 heavy (non-hydrogen) atoms. The van der Waals surface area contributed by atoms with E-state index in [0.717, 1.165) is 17.0 Å². The molecule has 1 N–H and O–H groups in total.